The van der Waals surface area contributed by atoms with Gasteiger partial charge in [0.15, 0.2) is 0 Å². The molecule has 1 aliphatic heterocycles. The highest BCUT2D eigenvalue weighted by Crippen LogP contribution is 2.16. The zero-order chi connectivity index (χ0) is 14.9. The van der Waals surface area contributed by atoms with E-state index in [4.69, 9.17) is 14.2 Å². The molecule has 0 aromatic heterocycles. The lowest BCUT2D eigenvalue weighted by molar-refractivity contribution is 0.0894. The molecule has 0 radical (unpaired) electrons. The first-order chi connectivity index (χ1) is 10.3. The molecule has 118 valence electrons. The van der Waals surface area contributed by atoms with Gasteiger partial charge in [-0.1, -0.05) is 0 Å². The fourth-order valence-corrected chi connectivity index (χ4v) is 2.42. The summed E-state index contributed by atoms with van der Waals surface area (Å²) in [6.45, 7) is 8.00. The highest BCUT2D eigenvalue weighted by Gasteiger charge is 2.15. The van der Waals surface area contributed by atoms with Crippen LogP contribution in [0.4, 0.5) is 0 Å². The monoisotopic (exact) mass is 294 g/mol. The first-order valence-electron chi connectivity index (χ1n) is 7.52. The van der Waals surface area contributed by atoms with Crippen LogP contribution >= 0.6 is 0 Å². The summed E-state index contributed by atoms with van der Waals surface area (Å²) < 4.78 is 16.0. The molecule has 0 bridgehead atoms. The first-order valence-corrected chi connectivity index (χ1v) is 7.52. The highest BCUT2D eigenvalue weighted by atomic mass is 16.5. The maximum atomic E-state index is 5.77. The van der Waals surface area contributed by atoms with Gasteiger partial charge in [0.1, 0.15) is 18.1 Å². The average Bonchev–Trinajstić information content (AvgIpc) is 2.55. The molecule has 0 unspecified atom stereocenters. The van der Waals surface area contributed by atoms with Crippen LogP contribution < -0.4 is 9.47 Å². The normalized spacial score (nSPS) is 16.9. The molecule has 1 fully saturated rings. The van der Waals surface area contributed by atoms with E-state index in [9.17, 15) is 0 Å². The van der Waals surface area contributed by atoms with E-state index >= 15 is 0 Å². The minimum atomic E-state index is 0.727. The zero-order valence-corrected chi connectivity index (χ0v) is 13.1. The van der Waals surface area contributed by atoms with E-state index in [1.54, 1.807) is 14.2 Å². The second kappa shape index (κ2) is 8.87. The lowest BCUT2D eigenvalue weighted by Crippen LogP contribution is -2.48. The van der Waals surface area contributed by atoms with Crippen LogP contribution in [-0.2, 0) is 4.74 Å². The Morgan fingerprint density at radius 2 is 1.33 bits per heavy atom. The van der Waals surface area contributed by atoms with Crippen molar-refractivity contribution in [3.05, 3.63) is 24.3 Å². The van der Waals surface area contributed by atoms with Crippen molar-refractivity contribution in [2.24, 2.45) is 0 Å². The summed E-state index contributed by atoms with van der Waals surface area (Å²) in [5.41, 5.74) is 0. The minimum Gasteiger partial charge on any atom is -0.497 e. The van der Waals surface area contributed by atoms with Crippen molar-refractivity contribution in [1.29, 1.82) is 0 Å². The largest absolute Gasteiger partial charge is 0.497 e. The molecule has 0 aliphatic carbocycles. The molecule has 0 N–H and O–H groups in total. The molecule has 0 saturated carbocycles. The number of hydrogen-bond donors (Lipinski definition) is 0. The van der Waals surface area contributed by atoms with Crippen molar-refractivity contribution >= 4 is 0 Å². The molecule has 1 aliphatic rings. The summed E-state index contributed by atoms with van der Waals surface area (Å²) in [6, 6.07) is 7.73. The number of hydrogen-bond acceptors (Lipinski definition) is 5. The minimum absolute atomic E-state index is 0.727. The molecule has 5 nitrogen and oxygen atoms in total. The number of methoxy groups -OCH3 is 2. The Balaban J connectivity index is 1.61. The Kier molecular flexibility index (Phi) is 6.79. The first kappa shape index (κ1) is 16.1. The predicted molar refractivity (Wildman–Crippen MR) is 83.2 cm³/mol. The summed E-state index contributed by atoms with van der Waals surface area (Å²) >= 11 is 0. The van der Waals surface area contributed by atoms with Gasteiger partial charge in [-0.3, -0.25) is 9.80 Å². The number of ether oxygens (including phenoxy) is 3. The van der Waals surface area contributed by atoms with Gasteiger partial charge in [-0.05, 0) is 24.3 Å². The van der Waals surface area contributed by atoms with Gasteiger partial charge in [0, 0.05) is 46.4 Å². The fourth-order valence-electron chi connectivity index (χ4n) is 2.42. The van der Waals surface area contributed by atoms with Crippen LogP contribution in [0, 0.1) is 0 Å². The molecule has 5 heteroatoms. The quantitative estimate of drug-likeness (QED) is 0.723. The summed E-state index contributed by atoms with van der Waals surface area (Å²) in [6.07, 6.45) is 0. The average molecular weight is 294 g/mol. The van der Waals surface area contributed by atoms with Gasteiger partial charge in [0.2, 0.25) is 0 Å². The van der Waals surface area contributed by atoms with E-state index < -0.39 is 0 Å². The van der Waals surface area contributed by atoms with Gasteiger partial charge in [-0.2, -0.15) is 0 Å². The molecule has 1 aromatic carbocycles. The topological polar surface area (TPSA) is 34.2 Å². The third kappa shape index (κ3) is 5.53. The van der Waals surface area contributed by atoms with Crippen molar-refractivity contribution < 1.29 is 14.2 Å². The Labute approximate surface area is 127 Å². The van der Waals surface area contributed by atoms with Crippen LogP contribution in [-0.4, -0.2) is 76.5 Å². The highest BCUT2D eigenvalue weighted by molar-refractivity contribution is 5.31. The SMILES string of the molecule is COCCN1CCN(CCOc2ccc(OC)cc2)CC1. The molecule has 0 atom stereocenters. The van der Waals surface area contributed by atoms with E-state index in [1.807, 2.05) is 24.3 Å². The van der Waals surface area contributed by atoms with Gasteiger partial charge in [0.05, 0.1) is 13.7 Å². The third-order valence-electron chi connectivity index (χ3n) is 3.81. The summed E-state index contributed by atoms with van der Waals surface area (Å²) in [7, 11) is 3.43. The zero-order valence-electron chi connectivity index (χ0n) is 13.1. The van der Waals surface area contributed by atoms with Crippen LogP contribution in [0.3, 0.4) is 0 Å². The van der Waals surface area contributed by atoms with Gasteiger partial charge >= 0.3 is 0 Å². The van der Waals surface area contributed by atoms with Crippen LogP contribution in [0.1, 0.15) is 0 Å². The summed E-state index contributed by atoms with van der Waals surface area (Å²) in [4.78, 5) is 4.90. The Hall–Kier alpha value is -1.30. The Morgan fingerprint density at radius 1 is 0.810 bits per heavy atom. The van der Waals surface area contributed by atoms with E-state index in [0.29, 0.717) is 0 Å². The van der Waals surface area contributed by atoms with E-state index in [-0.39, 0.29) is 0 Å². The third-order valence-corrected chi connectivity index (χ3v) is 3.81. The van der Waals surface area contributed by atoms with E-state index in [2.05, 4.69) is 9.80 Å². The summed E-state index contributed by atoms with van der Waals surface area (Å²) in [5.74, 6) is 1.75. The maximum absolute atomic E-state index is 5.77. The second-order valence-electron chi connectivity index (χ2n) is 5.20. The number of rotatable bonds is 8. The predicted octanol–water partition coefficient (Wildman–Crippen LogP) is 1.34. The molecule has 1 saturated heterocycles. The molecule has 21 heavy (non-hydrogen) atoms. The standard InChI is InChI=1S/C16H26N2O3/c1-19-13-11-17-7-9-18(10-8-17)12-14-21-16-5-3-15(20-2)4-6-16/h3-6H,7-14H2,1-2H3. The Bertz CT molecular complexity index is 389. The summed E-state index contributed by atoms with van der Waals surface area (Å²) in [5, 5.41) is 0. The van der Waals surface area contributed by atoms with Crippen LogP contribution in [0.15, 0.2) is 24.3 Å². The molecule has 0 spiro atoms. The Morgan fingerprint density at radius 3 is 1.86 bits per heavy atom. The fraction of sp³-hybridized carbons (Fsp3) is 0.625. The lowest BCUT2D eigenvalue weighted by atomic mass is 10.3. The smallest absolute Gasteiger partial charge is 0.119 e. The van der Waals surface area contributed by atoms with Gasteiger partial charge in [0.25, 0.3) is 0 Å². The van der Waals surface area contributed by atoms with Crippen LogP contribution in [0.2, 0.25) is 0 Å². The molecular weight excluding hydrogens is 268 g/mol. The van der Waals surface area contributed by atoms with Crippen molar-refractivity contribution in [2.45, 2.75) is 0 Å². The van der Waals surface area contributed by atoms with Crippen molar-refractivity contribution in [3.8, 4) is 11.5 Å². The molecule has 1 aromatic rings. The number of benzene rings is 1. The maximum Gasteiger partial charge on any atom is 0.119 e. The molecule has 0 amide bonds. The lowest BCUT2D eigenvalue weighted by Gasteiger charge is -2.34. The van der Waals surface area contributed by atoms with Crippen LogP contribution in [0.25, 0.3) is 0 Å². The number of nitrogens with zero attached hydrogens (tertiary/aromatic N) is 2. The van der Waals surface area contributed by atoms with Crippen LogP contribution in [0.5, 0.6) is 11.5 Å². The van der Waals surface area contributed by atoms with Crippen molar-refractivity contribution in [3.63, 3.8) is 0 Å². The number of piperazine rings is 1. The van der Waals surface area contributed by atoms with E-state index in [1.165, 1.54) is 0 Å². The van der Waals surface area contributed by atoms with Crippen molar-refractivity contribution in [1.82, 2.24) is 9.80 Å². The molecule has 1 heterocycles. The molecular formula is C16H26N2O3. The van der Waals surface area contributed by atoms with Gasteiger partial charge in [-0.25, -0.2) is 0 Å². The van der Waals surface area contributed by atoms with E-state index in [0.717, 1.165) is 64.0 Å². The van der Waals surface area contributed by atoms with Gasteiger partial charge in [-0.15, -0.1) is 0 Å². The van der Waals surface area contributed by atoms with Gasteiger partial charge < -0.3 is 14.2 Å². The van der Waals surface area contributed by atoms with Crippen molar-refractivity contribution in [2.75, 3.05) is 66.7 Å². The second-order valence-corrected chi connectivity index (χ2v) is 5.20. The molecule has 2 rings (SSSR count).